The highest BCUT2D eigenvalue weighted by atomic mass is 19.4. The van der Waals surface area contributed by atoms with E-state index in [1.54, 1.807) is 0 Å². The monoisotopic (exact) mass is 410 g/mol. The summed E-state index contributed by atoms with van der Waals surface area (Å²) in [6.45, 7) is 0.428. The molecule has 3 rings (SSSR count). The molecule has 0 amide bonds. The van der Waals surface area contributed by atoms with E-state index in [1.165, 1.54) is 13.2 Å². The fraction of sp³-hybridized carbons (Fsp3) is 0.300. The summed E-state index contributed by atoms with van der Waals surface area (Å²) in [4.78, 5) is 24.9. The molecule has 0 aromatic heterocycles. The summed E-state index contributed by atoms with van der Waals surface area (Å²) in [7, 11) is 1.31. The van der Waals surface area contributed by atoms with E-state index in [2.05, 4.69) is 0 Å². The van der Waals surface area contributed by atoms with Crippen molar-refractivity contribution in [3.8, 4) is 23.0 Å². The van der Waals surface area contributed by atoms with Crippen molar-refractivity contribution in [3.63, 3.8) is 0 Å². The van der Waals surface area contributed by atoms with Crippen LogP contribution in [-0.4, -0.2) is 37.0 Å². The predicted molar refractivity (Wildman–Crippen MR) is 95.0 cm³/mol. The van der Waals surface area contributed by atoms with Crippen LogP contribution in [0, 0.1) is 0 Å². The molecular formula is C20H17F3O6. The van der Waals surface area contributed by atoms with Gasteiger partial charge >= 0.3 is 6.18 Å². The van der Waals surface area contributed by atoms with E-state index in [9.17, 15) is 27.9 Å². The van der Waals surface area contributed by atoms with Gasteiger partial charge in [0, 0.05) is 18.4 Å². The molecule has 2 aromatic carbocycles. The first-order chi connectivity index (χ1) is 13.7. The number of hydrogen-bond donors (Lipinski definition) is 1. The molecule has 0 aliphatic carbocycles. The summed E-state index contributed by atoms with van der Waals surface area (Å²) >= 11 is 0. The van der Waals surface area contributed by atoms with Crippen LogP contribution in [0.3, 0.4) is 0 Å². The molecule has 2 aromatic rings. The number of phenolic OH excluding ortho intramolecular Hbond substituents is 1. The van der Waals surface area contributed by atoms with Gasteiger partial charge in [-0.15, -0.1) is 0 Å². The summed E-state index contributed by atoms with van der Waals surface area (Å²) < 4.78 is 54.4. The standard InChI is InChI=1S/C20H17F3O6/c1-27-17-13(10-16(26)18-19(17)29-8-7-28-18)15(25)6-5-14(24)11-3-2-4-12(9-11)20(21,22)23/h2-4,9-10,26H,5-8H2,1H3. The Bertz CT molecular complexity index is 952. The molecule has 1 aliphatic rings. The number of ether oxygens (including phenoxy) is 3. The van der Waals surface area contributed by atoms with E-state index < -0.39 is 23.3 Å². The van der Waals surface area contributed by atoms with Gasteiger partial charge in [0.15, 0.2) is 23.1 Å². The van der Waals surface area contributed by atoms with Gasteiger partial charge in [0.1, 0.15) is 13.2 Å². The molecule has 0 spiro atoms. The van der Waals surface area contributed by atoms with Gasteiger partial charge in [0.2, 0.25) is 11.5 Å². The van der Waals surface area contributed by atoms with Crippen LogP contribution >= 0.6 is 0 Å². The van der Waals surface area contributed by atoms with E-state index in [0.29, 0.717) is 0 Å². The van der Waals surface area contributed by atoms with Crippen molar-refractivity contribution in [1.29, 1.82) is 0 Å². The van der Waals surface area contributed by atoms with Crippen LogP contribution < -0.4 is 14.2 Å². The average molecular weight is 410 g/mol. The van der Waals surface area contributed by atoms with E-state index in [1.807, 2.05) is 0 Å². The van der Waals surface area contributed by atoms with E-state index in [-0.39, 0.29) is 60.2 Å². The summed E-state index contributed by atoms with van der Waals surface area (Å²) in [5.74, 6) is -1.24. The highest BCUT2D eigenvalue weighted by molar-refractivity contribution is 6.04. The SMILES string of the molecule is COc1c(C(=O)CCC(=O)c2cccc(C(F)(F)F)c2)cc(O)c2c1OCCO2. The number of ketones is 2. The molecule has 1 heterocycles. The molecule has 0 unspecified atom stereocenters. The lowest BCUT2D eigenvalue weighted by atomic mass is 9.99. The predicted octanol–water partition coefficient (Wildman–Crippen LogP) is 4.04. The van der Waals surface area contributed by atoms with Crippen LogP contribution in [0.1, 0.15) is 39.1 Å². The minimum Gasteiger partial charge on any atom is -0.504 e. The molecule has 0 fully saturated rings. The van der Waals surface area contributed by atoms with Crippen LogP contribution in [0.5, 0.6) is 23.0 Å². The topological polar surface area (TPSA) is 82.1 Å². The zero-order chi connectivity index (χ0) is 21.2. The molecule has 1 N–H and O–H groups in total. The first kappa shape index (κ1) is 20.5. The zero-order valence-corrected chi connectivity index (χ0v) is 15.3. The van der Waals surface area contributed by atoms with Crippen LogP contribution in [-0.2, 0) is 6.18 Å². The number of carbonyl (C=O) groups is 2. The number of methoxy groups -OCH3 is 1. The lowest BCUT2D eigenvalue weighted by Gasteiger charge is -2.22. The van der Waals surface area contributed by atoms with Crippen LogP contribution in [0.2, 0.25) is 0 Å². The maximum Gasteiger partial charge on any atom is 0.416 e. The highest BCUT2D eigenvalue weighted by Gasteiger charge is 2.31. The number of fused-ring (bicyclic) bond motifs is 1. The number of halogens is 3. The summed E-state index contributed by atoms with van der Waals surface area (Å²) in [6, 6.07) is 5.18. The Morgan fingerprint density at radius 1 is 1.07 bits per heavy atom. The molecule has 0 saturated heterocycles. The quantitative estimate of drug-likeness (QED) is 0.724. The lowest BCUT2D eigenvalue weighted by molar-refractivity contribution is -0.137. The minimum atomic E-state index is -4.57. The first-order valence-corrected chi connectivity index (χ1v) is 8.65. The number of carbonyl (C=O) groups excluding carboxylic acids is 2. The van der Waals surface area contributed by atoms with Crippen LogP contribution in [0.15, 0.2) is 30.3 Å². The zero-order valence-electron chi connectivity index (χ0n) is 15.3. The molecule has 9 heteroatoms. The second-order valence-electron chi connectivity index (χ2n) is 6.26. The van der Waals surface area contributed by atoms with E-state index in [4.69, 9.17) is 14.2 Å². The third-order valence-corrected chi connectivity index (χ3v) is 4.34. The molecule has 0 atom stereocenters. The first-order valence-electron chi connectivity index (χ1n) is 8.65. The smallest absolute Gasteiger partial charge is 0.416 e. The molecule has 154 valence electrons. The number of alkyl halides is 3. The Morgan fingerprint density at radius 2 is 1.72 bits per heavy atom. The van der Waals surface area contributed by atoms with E-state index >= 15 is 0 Å². The van der Waals surface area contributed by atoms with Crippen LogP contribution in [0.25, 0.3) is 0 Å². The maximum atomic E-state index is 12.8. The van der Waals surface area contributed by atoms with Gasteiger partial charge in [-0.25, -0.2) is 0 Å². The molecule has 0 saturated carbocycles. The van der Waals surface area contributed by atoms with Crippen LogP contribution in [0.4, 0.5) is 13.2 Å². The molecule has 1 aliphatic heterocycles. The van der Waals surface area contributed by atoms with Gasteiger partial charge in [0.25, 0.3) is 0 Å². The Kier molecular flexibility index (Phi) is 5.67. The number of aromatic hydroxyl groups is 1. The third-order valence-electron chi connectivity index (χ3n) is 4.34. The molecule has 0 radical (unpaired) electrons. The number of benzene rings is 2. The minimum absolute atomic E-state index is 0.00825. The average Bonchev–Trinajstić information content (AvgIpc) is 2.71. The number of hydrogen-bond acceptors (Lipinski definition) is 6. The van der Waals surface area contributed by atoms with Gasteiger partial charge in [-0.05, 0) is 18.2 Å². The van der Waals surface area contributed by atoms with Gasteiger partial charge in [-0.1, -0.05) is 12.1 Å². The largest absolute Gasteiger partial charge is 0.504 e. The summed E-state index contributed by atoms with van der Waals surface area (Å²) in [5.41, 5.74) is -1.08. The Morgan fingerprint density at radius 3 is 2.38 bits per heavy atom. The number of rotatable bonds is 6. The van der Waals surface area contributed by atoms with Gasteiger partial charge in [-0.2, -0.15) is 13.2 Å². The van der Waals surface area contributed by atoms with Crippen molar-refractivity contribution in [2.24, 2.45) is 0 Å². The summed E-state index contributed by atoms with van der Waals surface area (Å²) in [5, 5.41) is 10.1. The van der Waals surface area contributed by atoms with Crippen molar-refractivity contribution in [1.82, 2.24) is 0 Å². The lowest BCUT2D eigenvalue weighted by Crippen LogP contribution is -2.17. The van der Waals surface area contributed by atoms with Gasteiger partial charge < -0.3 is 19.3 Å². The van der Waals surface area contributed by atoms with Gasteiger partial charge in [0.05, 0.1) is 18.2 Å². The molecule has 29 heavy (non-hydrogen) atoms. The van der Waals surface area contributed by atoms with E-state index in [0.717, 1.165) is 24.3 Å². The normalized spacial score (nSPS) is 13.1. The molecule has 6 nitrogen and oxygen atoms in total. The van der Waals surface area contributed by atoms with Gasteiger partial charge in [-0.3, -0.25) is 9.59 Å². The fourth-order valence-corrected chi connectivity index (χ4v) is 2.95. The van der Waals surface area contributed by atoms with Crippen molar-refractivity contribution in [2.75, 3.05) is 20.3 Å². The van der Waals surface area contributed by atoms with Crippen molar-refractivity contribution in [2.45, 2.75) is 19.0 Å². The third kappa shape index (κ3) is 4.28. The highest BCUT2D eigenvalue weighted by Crippen LogP contribution is 2.48. The second kappa shape index (κ2) is 8.02. The Hall–Kier alpha value is -3.23. The number of Topliss-reactive ketones (excluding diaryl/α,β-unsaturated/α-hetero) is 2. The van der Waals surface area contributed by atoms with Crippen molar-refractivity contribution >= 4 is 11.6 Å². The Labute approximate surface area is 163 Å². The fourth-order valence-electron chi connectivity index (χ4n) is 2.95. The number of phenols is 1. The molecule has 0 bridgehead atoms. The van der Waals surface area contributed by atoms with Crippen molar-refractivity contribution in [3.05, 3.63) is 47.0 Å². The summed E-state index contributed by atoms with van der Waals surface area (Å²) in [6.07, 6.45) is -5.16. The molecular weight excluding hydrogens is 393 g/mol. The second-order valence-corrected chi connectivity index (χ2v) is 6.26. The Balaban J connectivity index is 1.78. The van der Waals surface area contributed by atoms with Crippen molar-refractivity contribution < 1.29 is 42.1 Å². The maximum absolute atomic E-state index is 12.8.